The molecule has 6 rings (SSSR count). The Labute approximate surface area is 234 Å². The van der Waals surface area contributed by atoms with Gasteiger partial charge in [0.05, 0.1) is 46.1 Å². The molecule has 2 atom stereocenters. The van der Waals surface area contributed by atoms with Crippen molar-refractivity contribution in [2.24, 2.45) is 12.5 Å². The number of hydrogen-bond acceptors (Lipinski definition) is 6. The van der Waals surface area contributed by atoms with E-state index in [0.29, 0.717) is 16.3 Å². The average Bonchev–Trinajstić information content (AvgIpc) is 3.62. The topological polar surface area (TPSA) is 102 Å². The number of anilines is 1. The highest BCUT2D eigenvalue weighted by Crippen LogP contribution is 2.47. The van der Waals surface area contributed by atoms with Crippen molar-refractivity contribution in [1.29, 1.82) is 0 Å². The third kappa shape index (κ3) is 4.12. The molecule has 2 aromatic carbocycles. The van der Waals surface area contributed by atoms with Crippen molar-refractivity contribution < 1.29 is 9.59 Å². The van der Waals surface area contributed by atoms with Gasteiger partial charge in [-0.15, -0.1) is 11.3 Å². The molecule has 2 amide bonds. The van der Waals surface area contributed by atoms with Crippen molar-refractivity contribution in [3.63, 3.8) is 0 Å². The molecule has 0 radical (unpaired) electrons. The fourth-order valence-electron chi connectivity index (χ4n) is 5.45. The summed E-state index contributed by atoms with van der Waals surface area (Å²) in [6.07, 6.45) is 3.48. The number of fused-ring (bicyclic) bond motifs is 1. The number of nitrogens with one attached hydrogen (secondary N) is 1. The van der Waals surface area contributed by atoms with Crippen LogP contribution < -0.4 is 15.8 Å². The van der Waals surface area contributed by atoms with Crippen LogP contribution in [0.2, 0.25) is 0 Å². The summed E-state index contributed by atoms with van der Waals surface area (Å²) in [6, 6.07) is 17.9. The first-order valence-electron chi connectivity index (χ1n) is 12.9. The molecule has 4 heterocycles. The number of benzene rings is 2. The van der Waals surface area contributed by atoms with Gasteiger partial charge in [0.15, 0.2) is 0 Å². The fourth-order valence-corrected chi connectivity index (χ4v) is 6.16. The van der Waals surface area contributed by atoms with Gasteiger partial charge in [-0.05, 0) is 50.6 Å². The van der Waals surface area contributed by atoms with E-state index in [0.717, 1.165) is 22.2 Å². The molecule has 1 aliphatic heterocycles. The van der Waals surface area contributed by atoms with E-state index >= 15 is 0 Å². The van der Waals surface area contributed by atoms with Crippen molar-refractivity contribution in [2.45, 2.75) is 32.9 Å². The van der Waals surface area contributed by atoms with E-state index < -0.39 is 17.5 Å². The van der Waals surface area contributed by atoms with Crippen LogP contribution in [0.25, 0.3) is 16.6 Å². The Bertz CT molecular complexity index is 1820. The van der Waals surface area contributed by atoms with E-state index in [9.17, 15) is 14.4 Å². The molecule has 202 valence electrons. The zero-order chi connectivity index (χ0) is 28.2. The molecule has 40 heavy (non-hydrogen) atoms. The van der Waals surface area contributed by atoms with Gasteiger partial charge in [-0.25, -0.2) is 9.67 Å². The first-order valence-corrected chi connectivity index (χ1v) is 13.8. The molecule has 1 N–H and O–H groups in total. The summed E-state index contributed by atoms with van der Waals surface area (Å²) in [7, 11) is 1.70. The molecule has 1 aliphatic rings. The van der Waals surface area contributed by atoms with E-state index in [2.05, 4.69) is 15.4 Å². The SMILES string of the molecule is Cc1ncsc1C(=O)N[C@@H]1[C@@H](c2ccccc2)N(c2ccc3c(cnn3-c3ccc(=O)n(C)c3)c2)C(=O)C1(C)C. The van der Waals surface area contributed by atoms with Gasteiger partial charge in [0.2, 0.25) is 11.5 Å². The maximum atomic E-state index is 14.1. The van der Waals surface area contributed by atoms with Gasteiger partial charge in [0, 0.05) is 30.4 Å². The van der Waals surface area contributed by atoms with Gasteiger partial charge >= 0.3 is 0 Å². The largest absolute Gasteiger partial charge is 0.345 e. The average molecular weight is 553 g/mol. The van der Waals surface area contributed by atoms with Crippen molar-refractivity contribution >= 4 is 39.7 Å². The summed E-state index contributed by atoms with van der Waals surface area (Å²) in [5, 5.41) is 8.59. The minimum Gasteiger partial charge on any atom is -0.345 e. The monoisotopic (exact) mass is 552 g/mol. The van der Waals surface area contributed by atoms with E-state index in [1.54, 1.807) is 40.6 Å². The van der Waals surface area contributed by atoms with Gasteiger partial charge in [-0.1, -0.05) is 30.3 Å². The summed E-state index contributed by atoms with van der Waals surface area (Å²) in [5.74, 6) is -0.319. The molecule has 5 aromatic rings. The predicted octanol–water partition coefficient (Wildman–Crippen LogP) is 4.40. The zero-order valence-corrected chi connectivity index (χ0v) is 23.3. The molecular formula is C30H28N6O3S. The zero-order valence-electron chi connectivity index (χ0n) is 22.5. The van der Waals surface area contributed by atoms with Crippen molar-refractivity contribution in [3.8, 4) is 5.69 Å². The molecule has 0 bridgehead atoms. The van der Waals surface area contributed by atoms with Crippen LogP contribution in [0, 0.1) is 12.3 Å². The van der Waals surface area contributed by atoms with Gasteiger partial charge in [0.1, 0.15) is 4.88 Å². The molecule has 0 unspecified atom stereocenters. The summed E-state index contributed by atoms with van der Waals surface area (Å²) in [5.41, 5.74) is 4.57. The molecule has 3 aromatic heterocycles. The number of aryl methyl sites for hydroxylation is 2. The summed E-state index contributed by atoms with van der Waals surface area (Å²) >= 11 is 1.29. The second kappa shape index (κ2) is 9.56. The van der Waals surface area contributed by atoms with E-state index in [1.807, 2.05) is 69.3 Å². The highest BCUT2D eigenvalue weighted by atomic mass is 32.1. The number of carbonyl (C=O) groups excluding carboxylic acids is 2. The van der Waals surface area contributed by atoms with Crippen LogP contribution in [-0.2, 0) is 11.8 Å². The molecule has 0 saturated carbocycles. The number of aromatic nitrogens is 4. The molecule has 10 heteroatoms. The first kappa shape index (κ1) is 25.7. The molecule has 1 fully saturated rings. The number of thiazole rings is 1. The normalized spacial score (nSPS) is 18.4. The second-order valence-corrected chi connectivity index (χ2v) is 11.5. The van der Waals surface area contributed by atoms with Crippen LogP contribution in [0.1, 0.15) is 40.8 Å². The van der Waals surface area contributed by atoms with Crippen molar-refractivity contribution in [1.82, 2.24) is 24.6 Å². The minimum absolute atomic E-state index is 0.0857. The molecular weight excluding hydrogens is 524 g/mol. The van der Waals surface area contributed by atoms with Crippen LogP contribution in [0.15, 0.2) is 83.4 Å². The minimum atomic E-state index is -0.886. The highest BCUT2D eigenvalue weighted by molar-refractivity contribution is 7.11. The Kier molecular flexibility index (Phi) is 6.14. The third-order valence-corrected chi connectivity index (χ3v) is 8.59. The second-order valence-electron chi connectivity index (χ2n) is 10.6. The number of carbonyl (C=O) groups is 2. The smallest absolute Gasteiger partial charge is 0.263 e. The number of pyridine rings is 1. The lowest BCUT2D eigenvalue weighted by Crippen LogP contribution is -2.46. The summed E-state index contributed by atoms with van der Waals surface area (Å²) in [6.45, 7) is 5.57. The predicted molar refractivity (Wildman–Crippen MR) is 155 cm³/mol. The Hall–Kier alpha value is -4.57. The first-order chi connectivity index (χ1) is 19.2. The van der Waals surface area contributed by atoms with Crippen molar-refractivity contribution in [3.05, 3.63) is 105 Å². The van der Waals surface area contributed by atoms with Crippen molar-refractivity contribution in [2.75, 3.05) is 4.90 Å². The number of amides is 2. The number of hydrogen-bond donors (Lipinski definition) is 1. The van der Waals surface area contributed by atoms with Gasteiger partial charge in [-0.3, -0.25) is 14.4 Å². The molecule has 0 spiro atoms. The summed E-state index contributed by atoms with van der Waals surface area (Å²) < 4.78 is 3.28. The Balaban J connectivity index is 1.43. The molecule has 0 aliphatic carbocycles. The quantitative estimate of drug-likeness (QED) is 0.348. The fraction of sp³-hybridized carbons (Fsp3) is 0.233. The maximum Gasteiger partial charge on any atom is 0.263 e. The highest BCUT2D eigenvalue weighted by Gasteiger charge is 2.55. The maximum absolute atomic E-state index is 14.1. The Morgan fingerprint density at radius 1 is 1.02 bits per heavy atom. The van der Waals surface area contributed by atoms with Crippen LogP contribution in [0.4, 0.5) is 5.69 Å². The van der Waals surface area contributed by atoms with Crippen LogP contribution in [0.5, 0.6) is 0 Å². The lowest BCUT2D eigenvalue weighted by atomic mass is 9.82. The van der Waals surface area contributed by atoms with Crippen LogP contribution >= 0.6 is 11.3 Å². The third-order valence-electron chi connectivity index (χ3n) is 7.67. The van der Waals surface area contributed by atoms with E-state index in [-0.39, 0.29) is 17.4 Å². The van der Waals surface area contributed by atoms with Gasteiger partial charge < -0.3 is 14.8 Å². The lowest BCUT2D eigenvalue weighted by Gasteiger charge is -2.30. The lowest BCUT2D eigenvalue weighted by molar-refractivity contribution is -0.124. The Morgan fingerprint density at radius 2 is 1.77 bits per heavy atom. The number of rotatable bonds is 5. The van der Waals surface area contributed by atoms with Gasteiger partial charge in [0.25, 0.3) is 5.91 Å². The number of nitrogens with zero attached hydrogens (tertiary/aromatic N) is 5. The molecule has 9 nitrogen and oxygen atoms in total. The van der Waals surface area contributed by atoms with E-state index in [4.69, 9.17) is 0 Å². The van der Waals surface area contributed by atoms with Gasteiger partial charge in [-0.2, -0.15) is 5.10 Å². The van der Waals surface area contributed by atoms with Crippen LogP contribution in [-0.4, -0.2) is 37.2 Å². The van der Waals surface area contributed by atoms with E-state index in [1.165, 1.54) is 22.0 Å². The summed E-state index contributed by atoms with van der Waals surface area (Å²) in [4.78, 5) is 45.9. The molecule has 1 saturated heterocycles. The van der Waals surface area contributed by atoms with Crippen LogP contribution in [0.3, 0.4) is 0 Å². The Morgan fingerprint density at radius 3 is 2.48 bits per heavy atom. The standard InChI is InChI=1S/C30H28N6O3S/c1-18-26(40-17-31-18)28(38)33-27-25(19-8-6-5-7-9-19)35(29(39)30(27,2)3)21-10-12-23-20(14-21)15-32-36(23)22-11-13-24(37)34(4)16-22/h5-17,25,27H,1-4H3,(H,33,38)/t25-,27-/m1/s1.